The Bertz CT molecular complexity index is 1130. The number of carbonyl (C=O) groups is 2. The van der Waals surface area contributed by atoms with E-state index in [-0.39, 0.29) is 10.7 Å². The predicted molar refractivity (Wildman–Crippen MR) is 107 cm³/mol. The molecule has 142 valence electrons. The Kier molecular flexibility index (Phi) is 5.67. The molecule has 0 saturated carbocycles. The van der Waals surface area contributed by atoms with Gasteiger partial charge in [-0.15, -0.1) is 0 Å². The Labute approximate surface area is 167 Å². The van der Waals surface area contributed by atoms with Crippen molar-refractivity contribution >= 4 is 61.9 Å². The first-order chi connectivity index (χ1) is 13.4. The number of nitrogens with zero attached hydrogens (tertiary/aromatic N) is 2. The van der Waals surface area contributed by atoms with E-state index in [9.17, 15) is 19.7 Å². The van der Waals surface area contributed by atoms with Crippen LogP contribution in [0.25, 0.3) is 16.3 Å². The van der Waals surface area contributed by atoms with Crippen LogP contribution in [0.3, 0.4) is 0 Å². The number of ether oxygens (including phenoxy) is 1. The van der Waals surface area contributed by atoms with E-state index in [0.29, 0.717) is 21.8 Å². The molecule has 0 fully saturated rings. The number of methoxy groups -OCH3 is 1. The molecule has 0 saturated heterocycles. The number of hydrogen-bond donors (Lipinski definition) is 1. The number of esters is 1. The average Bonchev–Trinajstić information content (AvgIpc) is 3.07. The van der Waals surface area contributed by atoms with Gasteiger partial charge in [-0.3, -0.25) is 20.2 Å². The summed E-state index contributed by atoms with van der Waals surface area (Å²) in [5.74, 6) is -0.911. The fourth-order valence-electron chi connectivity index (χ4n) is 2.32. The molecule has 10 heteroatoms. The highest BCUT2D eigenvalue weighted by Crippen LogP contribution is 2.28. The standard InChI is InChI=1S/C18H12ClN3O5S/c1-27-17(24)11-4-6-13-15(9-11)28-18(20-13)21-16(23)7-3-10-2-5-12(19)14(8-10)22(25)26/h2-9H,1H3,(H,20,21,23)/b7-3+. The molecule has 2 aromatic carbocycles. The average molecular weight is 418 g/mol. The lowest BCUT2D eigenvalue weighted by molar-refractivity contribution is -0.384. The molecule has 0 spiro atoms. The number of nitro benzene ring substituents is 1. The molecule has 0 aliphatic carbocycles. The van der Waals surface area contributed by atoms with Crippen LogP contribution in [-0.4, -0.2) is 28.9 Å². The zero-order chi connectivity index (χ0) is 20.3. The number of carbonyl (C=O) groups excluding carboxylic acids is 2. The van der Waals surface area contributed by atoms with Crippen LogP contribution < -0.4 is 5.32 Å². The summed E-state index contributed by atoms with van der Waals surface area (Å²) in [6.07, 6.45) is 2.67. The van der Waals surface area contributed by atoms with E-state index in [1.807, 2.05) is 0 Å². The number of thiazole rings is 1. The maximum atomic E-state index is 12.1. The summed E-state index contributed by atoms with van der Waals surface area (Å²) in [6.45, 7) is 0. The summed E-state index contributed by atoms with van der Waals surface area (Å²) in [5.41, 5.74) is 1.24. The monoisotopic (exact) mass is 417 g/mol. The Morgan fingerprint density at radius 3 is 2.79 bits per heavy atom. The van der Waals surface area contributed by atoms with Gasteiger partial charge >= 0.3 is 5.97 Å². The largest absolute Gasteiger partial charge is 0.465 e. The summed E-state index contributed by atoms with van der Waals surface area (Å²) in [4.78, 5) is 38.3. The number of amides is 1. The number of benzene rings is 2. The predicted octanol–water partition coefficient (Wildman–Crippen LogP) is 4.30. The third kappa shape index (κ3) is 4.33. The number of fused-ring (bicyclic) bond motifs is 1. The van der Waals surface area contributed by atoms with Gasteiger partial charge in [-0.25, -0.2) is 9.78 Å². The maximum Gasteiger partial charge on any atom is 0.337 e. The molecule has 3 aromatic rings. The Morgan fingerprint density at radius 2 is 2.07 bits per heavy atom. The molecule has 0 unspecified atom stereocenters. The lowest BCUT2D eigenvalue weighted by Crippen LogP contribution is -2.07. The van der Waals surface area contributed by atoms with Crippen LogP contribution in [0.4, 0.5) is 10.8 Å². The van der Waals surface area contributed by atoms with Crippen molar-refractivity contribution in [2.24, 2.45) is 0 Å². The van der Waals surface area contributed by atoms with Gasteiger partial charge in [0, 0.05) is 12.1 Å². The van der Waals surface area contributed by atoms with E-state index in [2.05, 4.69) is 15.0 Å². The van der Waals surface area contributed by atoms with Gasteiger partial charge in [-0.05, 0) is 35.9 Å². The van der Waals surface area contributed by atoms with E-state index in [4.69, 9.17) is 11.6 Å². The lowest BCUT2D eigenvalue weighted by atomic mass is 10.2. The minimum Gasteiger partial charge on any atom is -0.465 e. The molecular weight excluding hydrogens is 406 g/mol. The van der Waals surface area contributed by atoms with Gasteiger partial charge in [0.25, 0.3) is 5.69 Å². The zero-order valence-electron chi connectivity index (χ0n) is 14.3. The highest BCUT2D eigenvalue weighted by Gasteiger charge is 2.13. The third-order valence-corrected chi connectivity index (χ3v) is 4.89. The van der Waals surface area contributed by atoms with Crippen LogP contribution in [0.1, 0.15) is 15.9 Å². The molecule has 0 aliphatic rings. The van der Waals surface area contributed by atoms with E-state index in [1.54, 1.807) is 24.3 Å². The van der Waals surface area contributed by atoms with Crippen molar-refractivity contribution in [3.05, 3.63) is 68.7 Å². The molecule has 28 heavy (non-hydrogen) atoms. The molecule has 0 aliphatic heterocycles. The molecule has 1 aromatic heterocycles. The summed E-state index contributed by atoms with van der Waals surface area (Å²) >= 11 is 6.97. The van der Waals surface area contributed by atoms with E-state index in [0.717, 1.165) is 4.70 Å². The summed E-state index contributed by atoms with van der Waals surface area (Å²) in [7, 11) is 1.30. The van der Waals surface area contributed by atoms with Crippen LogP contribution >= 0.6 is 22.9 Å². The van der Waals surface area contributed by atoms with Crippen molar-refractivity contribution in [3.8, 4) is 0 Å². The molecular formula is C18H12ClN3O5S. The molecule has 0 bridgehead atoms. The molecule has 1 amide bonds. The number of anilines is 1. The number of nitro groups is 1. The summed E-state index contributed by atoms with van der Waals surface area (Å²) in [5, 5.41) is 13.9. The van der Waals surface area contributed by atoms with Crippen molar-refractivity contribution in [2.75, 3.05) is 12.4 Å². The van der Waals surface area contributed by atoms with Crippen LogP contribution in [0.2, 0.25) is 5.02 Å². The molecule has 3 rings (SSSR count). The first kappa shape index (κ1) is 19.5. The van der Waals surface area contributed by atoms with Gasteiger partial charge in [0.05, 0.1) is 27.8 Å². The highest BCUT2D eigenvalue weighted by molar-refractivity contribution is 7.22. The molecule has 1 heterocycles. The van der Waals surface area contributed by atoms with Gasteiger partial charge in [0.1, 0.15) is 5.02 Å². The first-order valence-electron chi connectivity index (χ1n) is 7.79. The second kappa shape index (κ2) is 8.15. The topological polar surface area (TPSA) is 111 Å². The number of aromatic nitrogens is 1. The van der Waals surface area contributed by atoms with Crippen molar-refractivity contribution in [1.29, 1.82) is 0 Å². The van der Waals surface area contributed by atoms with Crippen molar-refractivity contribution in [1.82, 2.24) is 4.98 Å². The molecule has 1 N–H and O–H groups in total. The van der Waals surface area contributed by atoms with Crippen molar-refractivity contribution in [3.63, 3.8) is 0 Å². The SMILES string of the molecule is COC(=O)c1ccc2nc(NC(=O)/C=C/c3ccc(Cl)c([N+](=O)[O-])c3)sc2c1. The molecule has 0 radical (unpaired) electrons. The number of nitrogens with one attached hydrogen (secondary N) is 1. The van der Waals surface area contributed by atoms with Crippen molar-refractivity contribution < 1.29 is 19.2 Å². The van der Waals surface area contributed by atoms with Gasteiger partial charge in [-0.1, -0.05) is 29.0 Å². The van der Waals surface area contributed by atoms with Gasteiger partial charge in [0.2, 0.25) is 5.91 Å². The fraction of sp³-hybridized carbons (Fsp3) is 0.0556. The lowest BCUT2D eigenvalue weighted by Gasteiger charge is -1.98. The Morgan fingerprint density at radius 1 is 1.29 bits per heavy atom. The highest BCUT2D eigenvalue weighted by atomic mass is 35.5. The van der Waals surface area contributed by atoms with Gasteiger partial charge < -0.3 is 4.74 Å². The number of rotatable bonds is 5. The first-order valence-corrected chi connectivity index (χ1v) is 8.99. The van der Waals surface area contributed by atoms with Crippen LogP contribution in [-0.2, 0) is 9.53 Å². The zero-order valence-corrected chi connectivity index (χ0v) is 15.9. The Hall–Kier alpha value is -3.30. The number of hydrogen-bond acceptors (Lipinski definition) is 7. The summed E-state index contributed by atoms with van der Waals surface area (Å²) < 4.78 is 5.40. The molecule has 8 nitrogen and oxygen atoms in total. The van der Waals surface area contributed by atoms with E-state index < -0.39 is 16.8 Å². The van der Waals surface area contributed by atoms with Gasteiger partial charge in [0.15, 0.2) is 5.13 Å². The summed E-state index contributed by atoms with van der Waals surface area (Å²) in [6, 6.07) is 9.12. The second-order valence-corrected chi connectivity index (χ2v) is 6.92. The minimum atomic E-state index is -0.594. The van der Waals surface area contributed by atoms with Crippen LogP contribution in [0.15, 0.2) is 42.5 Å². The van der Waals surface area contributed by atoms with Crippen molar-refractivity contribution in [2.45, 2.75) is 0 Å². The van der Waals surface area contributed by atoms with Crippen LogP contribution in [0, 0.1) is 10.1 Å². The quantitative estimate of drug-likeness (QED) is 0.287. The van der Waals surface area contributed by atoms with E-state index >= 15 is 0 Å². The second-order valence-electron chi connectivity index (χ2n) is 5.48. The fourth-order valence-corrected chi connectivity index (χ4v) is 3.41. The minimum absolute atomic E-state index is 0.0207. The van der Waals surface area contributed by atoms with Crippen LogP contribution in [0.5, 0.6) is 0 Å². The Balaban J connectivity index is 1.74. The van der Waals surface area contributed by atoms with E-state index in [1.165, 1.54) is 42.7 Å². The number of halogens is 1. The smallest absolute Gasteiger partial charge is 0.337 e. The molecule has 0 atom stereocenters. The maximum absolute atomic E-state index is 12.1. The van der Waals surface area contributed by atoms with Gasteiger partial charge in [-0.2, -0.15) is 0 Å². The normalized spacial score (nSPS) is 10.9. The third-order valence-electron chi connectivity index (χ3n) is 3.63.